The van der Waals surface area contributed by atoms with Crippen LogP contribution in [-0.2, 0) is 4.79 Å². The van der Waals surface area contributed by atoms with E-state index in [0.717, 1.165) is 13.0 Å². The summed E-state index contributed by atoms with van der Waals surface area (Å²) in [6, 6.07) is -0.336. The minimum atomic E-state index is -0.336. The second-order valence-corrected chi connectivity index (χ2v) is 3.49. The van der Waals surface area contributed by atoms with E-state index < -0.39 is 0 Å². The van der Waals surface area contributed by atoms with Crippen LogP contribution in [0.2, 0.25) is 0 Å². The fourth-order valence-corrected chi connectivity index (χ4v) is 0.801. The summed E-state index contributed by atoms with van der Waals surface area (Å²) in [7, 11) is 0. The predicted molar refractivity (Wildman–Crippen MR) is 50.7 cm³/mol. The molecular weight excluding hydrogens is 152 g/mol. The summed E-state index contributed by atoms with van der Waals surface area (Å²) in [4.78, 5) is 11.1. The lowest BCUT2D eigenvalue weighted by molar-refractivity contribution is -0.122. The molecule has 0 aliphatic heterocycles. The number of hydrogen-bond acceptors (Lipinski definition) is 2. The third-order valence-electron chi connectivity index (χ3n) is 1.80. The van der Waals surface area contributed by atoms with Crippen LogP contribution in [0.15, 0.2) is 0 Å². The molecule has 0 aromatic carbocycles. The molecule has 3 heteroatoms. The van der Waals surface area contributed by atoms with Gasteiger partial charge in [0, 0.05) is 6.54 Å². The maximum atomic E-state index is 11.1. The number of nitrogens with two attached hydrogens (primary N) is 1. The van der Waals surface area contributed by atoms with E-state index in [1.807, 2.05) is 6.92 Å². The number of nitrogens with one attached hydrogen (secondary N) is 1. The Hall–Kier alpha value is -0.570. The number of amides is 1. The second kappa shape index (κ2) is 6.00. The van der Waals surface area contributed by atoms with Crippen molar-refractivity contribution in [1.82, 2.24) is 5.32 Å². The van der Waals surface area contributed by atoms with Gasteiger partial charge in [-0.05, 0) is 18.8 Å². The Morgan fingerprint density at radius 1 is 1.50 bits per heavy atom. The quantitative estimate of drug-likeness (QED) is 0.647. The van der Waals surface area contributed by atoms with Crippen molar-refractivity contribution in [3.63, 3.8) is 0 Å². The Bertz CT molecular complexity index is 134. The van der Waals surface area contributed by atoms with Crippen LogP contribution < -0.4 is 11.1 Å². The molecule has 0 heterocycles. The first-order chi connectivity index (χ1) is 5.57. The van der Waals surface area contributed by atoms with Gasteiger partial charge in [-0.1, -0.05) is 20.8 Å². The average molecular weight is 172 g/mol. The molecule has 0 saturated carbocycles. The van der Waals surface area contributed by atoms with Crippen LogP contribution in [0, 0.1) is 5.92 Å². The van der Waals surface area contributed by atoms with E-state index in [2.05, 4.69) is 19.2 Å². The molecule has 0 spiro atoms. The molecule has 0 saturated heterocycles. The molecule has 72 valence electrons. The highest BCUT2D eigenvalue weighted by Gasteiger charge is 2.09. The molecule has 0 rings (SSSR count). The third kappa shape index (κ3) is 5.13. The van der Waals surface area contributed by atoms with E-state index in [0.29, 0.717) is 12.3 Å². The summed E-state index contributed by atoms with van der Waals surface area (Å²) < 4.78 is 0. The molecule has 1 unspecified atom stereocenters. The molecule has 0 radical (unpaired) electrons. The first kappa shape index (κ1) is 11.4. The van der Waals surface area contributed by atoms with Crippen LogP contribution in [0.3, 0.4) is 0 Å². The van der Waals surface area contributed by atoms with Gasteiger partial charge in [0.25, 0.3) is 0 Å². The summed E-state index contributed by atoms with van der Waals surface area (Å²) >= 11 is 0. The molecule has 1 atom stereocenters. The van der Waals surface area contributed by atoms with Crippen molar-refractivity contribution >= 4 is 5.91 Å². The van der Waals surface area contributed by atoms with Crippen molar-refractivity contribution in [1.29, 1.82) is 0 Å². The minimum Gasteiger partial charge on any atom is -0.355 e. The largest absolute Gasteiger partial charge is 0.355 e. The number of hydrogen-bond donors (Lipinski definition) is 2. The van der Waals surface area contributed by atoms with Crippen molar-refractivity contribution < 1.29 is 4.79 Å². The summed E-state index contributed by atoms with van der Waals surface area (Å²) in [6.07, 6.45) is 1.72. The summed E-state index contributed by atoms with van der Waals surface area (Å²) in [6.45, 7) is 6.91. The Kier molecular flexibility index (Phi) is 5.72. The molecule has 0 aromatic rings. The SMILES string of the molecule is CCC(N)C(=O)NCCC(C)C. The first-order valence-corrected chi connectivity index (χ1v) is 4.61. The van der Waals surface area contributed by atoms with Gasteiger partial charge in [0.05, 0.1) is 6.04 Å². The Labute approximate surface area is 74.7 Å². The highest BCUT2D eigenvalue weighted by molar-refractivity contribution is 5.81. The van der Waals surface area contributed by atoms with Crippen molar-refractivity contribution in [3.05, 3.63) is 0 Å². The Morgan fingerprint density at radius 3 is 2.50 bits per heavy atom. The van der Waals surface area contributed by atoms with Crippen LogP contribution in [0.4, 0.5) is 0 Å². The molecule has 0 bridgehead atoms. The number of carbonyl (C=O) groups is 1. The lowest BCUT2D eigenvalue weighted by Crippen LogP contribution is -2.40. The maximum Gasteiger partial charge on any atom is 0.236 e. The molecule has 0 aliphatic rings. The highest BCUT2D eigenvalue weighted by atomic mass is 16.2. The Balaban J connectivity index is 3.44. The van der Waals surface area contributed by atoms with E-state index in [4.69, 9.17) is 5.73 Å². The van der Waals surface area contributed by atoms with E-state index in [-0.39, 0.29) is 11.9 Å². The van der Waals surface area contributed by atoms with Gasteiger partial charge < -0.3 is 11.1 Å². The van der Waals surface area contributed by atoms with Crippen LogP contribution in [-0.4, -0.2) is 18.5 Å². The normalized spacial score (nSPS) is 13.1. The highest BCUT2D eigenvalue weighted by Crippen LogP contribution is 1.96. The van der Waals surface area contributed by atoms with Crippen molar-refractivity contribution in [2.75, 3.05) is 6.54 Å². The van der Waals surface area contributed by atoms with E-state index in [9.17, 15) is 4.79 Å². The smallest absolute Gasteiger partial charge is 0.236 e. The molecule has 1 amide bonds. The van der Waals surface area contributed by atoms with E-state index in [1.165, 1.54) is 0 Å². The molecule has 0 aromatic heterocycles. The van der Waals surface area contributed by atoms with Crippen LogP contribution >= 0.6 is 0 Å². The van der Waals surface area contributed by atoms with Crippen molar-refractivity contribution in [2.24, 2.45) is 11.7 Å². The van der Waals surface area contributed by atoms with Gasteiger partial charge in [-0.25, -0.2) is 0 Å². The minimum absolute atomic E-state index is 0.0295. The molecule has 12 heavy (non-hydrogen) atoms. The lowest BCUT2D eigenvalue weighted by Gasteiger charge is -2.10. The number of rotatable bonds is 5. The number of carbonyl (C=O) groups excluding carboxylic acids is 1. The average Bonchev–Trinajstić information content (AvgIpc) is 2.02. The van der Waals surface area contributed by atoms with Crippen LogP contribution in [0.5, 0.6) is 0 Å². The fraction of sp³-hybridized carbons (Fsp3) is 0.889. The summed E-state index contributed by atoms with van der Waals surface area (Å²) in [5, 5.41) is 2.80. The predicted octanol–water partition coefficient (Wildman–Crippen LogP) is 0.886. The Morgan fingerprint density at radius 2 is 2.08 bits per heavy atom. The van der Waals surface area contributed by atoms with Gasteiger partial charge in [0.1, 0.15) is 0 Å². The van der Waals surface area contributed by atoms with Crippen molar-refractivity contribution in [2.45, 2.75) is 39.7 Å². The second-order valence-electron chi connectivity index (χ2n) is 3.49. The van der Waals surface area contributed by atoms with E-state index >= 15 is 0 Å². The van der Waals surface area contributed by atoms with Gasteiger partial charge in [-0.2, -0.15) is 0 Å². The van der Waals surface area contributed by atoms with Gasteiger partial charge in [0.15, 0.2) is 0 Å². The summed E-state index contributed by atoms with van der Waals surface area (Å²) in [5.74, 6) is 0.598. The zero-order valence-corrected chi connectivity index (χ0v) is 8.26. The van der Waals surface area contributed by atoms with Gasteiger partial charge in [0.2, 0.25) is 5.91 Å². The topological polar surface area (TPSA) is 55.1 Å². The fourth-order valence-electron chi connectivity index (χ4n) is 0.801. The molecule has 3 nitrogen and oxygen atoms in total. The molecular formula is C9H20N2O. The molecule has 0 aliphatic carbocycles. The first-order valence-electron chi connectivity index (χ1n) is 4.61. The van der Waals surface area contributed by atoms with Crippen LogP contribution in [0.25, 0.3) is 0 Å². The lowest BCUT2D eigenvalue weighted by atomic mass is 10.1. The standard InChI is InChI=1S/C9H20N2O/c1-4-8(10)9(12)11-6-5-7(2)3/h7-8H,4-6,10H2,1-3H3,(H,11,12). The van der Waals surface area contributed by atoms with E-state index in [1.54, 1.807) is 0 Å². The molecule has 0 fully saturated rings. The zero-order chi connectivity index (χ0) is 9.56. The maximum absolute atomic E-state index is 11.1. The zero-order valence-electron chi connectivity index (χ0n) is 8.26. The third-order valence-corrected chi connectivity index (χ3v) is 1.80. The summed E-state index contributed by atoms with van der Waals surface area (Å²) in [5.41, 5.74) is 5.52. The van der Waals surface area contributed by atoms with Gasteiger partial charge in [-0.3, -0.25) is 4.79 Å². The van der Waals surface area contributed by atoms with Crippen molar-refractivity contribution in [3.8, 4) is 0 Å². The molecule has 3 N–H and O–H groups in total. The van der Waals surface area contributed by atoms with Gasteiger partial charge >= 0.3 is 0 Å². The van der Waals surface area contributed by atoms with Crippen LogP contribution in [0.1, 0.15) is 33.6 Å². The van der Waals surface area contributed by atoms with Gasteiger partial charge in [-0.15, -0.1) is 0 Å². The monoisotopic (exact) mass is 172 g/mol.